The van der Waals surface area contributed by atoms with Crippen LogP contribution in [-0.4, -0.2) is 15.0 Å². The van der Waals surface area contributed by atoms with Crippen LogP contribution in [-0.2, 0) is 0 Å². The van der Waals surface area contributed by atoms with Gasteiger partial charge in [0.15, 0.2) is 17.5 Å². The lowest BCUT2D eigenvalue weighted by Crippen LogP contribution is -2.00. The Morgan fingerprint density at radius 1 is 0.281 bits per heavy atom. The van der Waals surface area contributed by atoms with E-state index in [0.717, 1.165) is 44.2 Å². The highest BCUT2D eigenvalue weighted by Gasteiger charge is 2.18. The Hall–Kier alpha value is -7.27. The Kier molecular flexibility index (Phi) is 8.01. The maximum Gasteiger partial charge on any atom is 0.165 e. The molecule has 0 bridgehead atoms. The summed E-state index contributed by atoms with van der Waals surface area (Å²) in [5.74, 6) is 1.95. The fourth-order valence-corrected chi connectivity index (χ4v) is 9.30. The predicted molar refractivity (Wildman–Crippen MR) is 240 cm³/mol. The molecule has 0 saturated carbocycles. The smallest absolute Gasteiger partial charge is 0.165 e. The van der Waals surface area contributed by atoms with Crippen LogP contribution in [0.4, 0.5) is 0 Å². The van der Waals surface area contributed by atoms with E-state index < -0.39 is 0 Å². The van der Waals surface area contributed by atoms with E-state index in [1.807, 2.05) is 6.07 Å². The van der Waals surface area contributed by atoms with Gasteiger partial charge in [-0.2, -0.15) is 0 Å². The molecular formula is C53H33N3S. The van der Waals surface area contributed by atoms with Crippen molar-refractivity contribution >= 4 is 53.1 Å². The fourth-order valence-electron chi connectivity index (χ4n) is 8.09. The summed E-state index contributed by atoms with van der Waals surface area (Å²) in [5.41, 5.74) is 9.95. The second-order valence-electron chi connectivity index (χ2n) is 14.4. The van der Waals surface area contributed by atoms with E-state index >= 15 is 0 Å². The second-order valence-corrected chi connectivity index (χ2v) is 15.4. The van der Waals surface area contributed by atoms with Gasteiger partial charge in [0.25, 0.3) is 0 Å². The van der Waals surface area contributed by atoms with Crippen molar-refractivity contribution in [1.29, 1.82) is 0 Å². The molecule has 0 saturated heterocycles. The third-order valence-electron chi connectivity index (χ3n) is 10.9. The molecule has 2 heterocycles. The standard InChI is InChI=1S/C53H33N3S/c1-3-13-34(14-4-1)35-25-28-38(29-26-35)51-54-52(56-53(55-51)46-23-12-21-44-43-20-9-10-24-49(43)57-50(44)46)45-22-11-18-37-27-30-39(32-48(37)45)41-31-40-17-7-8-19-42(40)47(33-41)36-15-5-2-6-16-36/h1-33H. The predicted octanol–water partition coefficient (Wildman–Crippen LogP) is 14.5. The monoisotopic (exact) mass is 743 g/mol. The molecule has 4 heteroatoms. The van der Waals surface area contributed by atoms with Gasteiger partial charge in [0.05, 0.1) is 0 Å². The van der Waals surface area contributed by atoms with E-state index in [1.54, 1.807) is 11.3 Å². The van der Waals surface area contributed by atoms with Gasteiger partial charge < -0.3 is 0 Å². The number of hydrogen-bond acceptors (Lipinski definition) is 4. The number of hydrogen-bond donors (Lipinski definition) is 0. The number of fused-ring (bicyclic) bond motifs is 5. The van der Waals surface area contributed by atoms with Crippen LogP contribution in [0.1, 0.15) is 0 Å². The van der Waals surface area contributed by atoms with Gasteiger partial charge in [-0.25, -0.2) is 15.0 Å². The second kappa shape index (κ2) is 13.8. The van der Waals surface area contributed by atoms with Gasteiger partial charge in [-0.15, -0.1) is 11.3 Å². The number of nitrogens with zero attached hydrogens (tertiary/aromatic N) is 3. The molecule has 0 N–H and O–H groups in total. The molecule has 266 valence electrons. The van der Waals surface area contributed by atoms with Crippen LogP contribution < -0.4 is 0 Å². The van der Waals surface area contributed by atoms with Crippen molar-refractivity contribution in [2.75, 3.05) is 0 Å². The maximum absolute atomic E-state index is 5.32. The third-order valence-corrected chi connectivity index (χ3v) is 12.2. The van der Waals surface area contributed by atoms with Gasteiger partial charge in [0, 0.05) is 36.9 Å². The minimum Gasteiger partial charge on any atom is -0.208 e. The molecule has 3 nitrogen and oxygen atoms in total. The Bertz CT molecular complexity index is 3280. The largest absolute Gasteiger partial charge is 0.208 e. The van der Waals surface area contributed by atoms with Crippen LogP contribution in [0.25, 0.3) is 109 Å². The maximum atomic E-state index is 5.32. The van der Waals surface area contributed by atoms with Crippen LogP contribution in [0.2, 0.25) is 0 Å². The van der Waals surface area contributed by atoms with Gasteiger partial charge in [0.1, 0.15) is 0 Å². The Morgan fingerprint density at radius 2 is 0.860 bits per heavy atom. The van der Waals surface area contributed by atoms with Crippen molar-refractivity contribution < 1.29 is 0 Å². The minimum absolute atomic E-state index is 0.642. The summed E-state index contributed by atoms with van der Waals surface area (Å²) < 4.78 is 2.42. The Labute approximate surface area is 334 Å². The van der Waals surface area contributed by atoms with Crippen molar-refractivity contribution in [1.82, 2.24) is 15.0 Å². The van der Waals surface area contributed by atoms with Gasteiger partial charge in [-0.05, 0) is 85.3 Å². The van der Waals surface area contributed by atoms with Gasteiger partial charge in [0.2, 0.25) is 0 Å². The number of rotatable bonds is 6. The highest BCUT2D eigenvalue weighted by Crippen LogP contribution is 2.41. The van der Waals surface area contributed by atoms with Crippen LogP contribution in [0, 0.1) is 0 Å². The van der Waals surface area contributed by atoms with Crippen molar-refractivity contribution in [3.8, 4) is 67.5 Å². The number of aromatic nitrogens is 3. The fraction of sp³-hybridized carbons (Fsp3) is 0. The molecule has 0 fully saturated rings. The van der Waals surface area contributed by atoms with Crippen molar-refractivity contribution in [3.63, 3.8) is 0 Å². The first-order valence-electron chi connectivity index (χ1n) is 19.2. The molecule has 0 aliphatic rings. The average Bonchev–Trinajstić information content (AvgIpc) is 3.68. The van der Waals surface area contributed by atoms with E-state index in [9.17, 15) is 0 Å². The summed E-state index contributed by atoms with van der Waals surface area (Å²) in [7, 11) is 0. The van der Waals surface area contributed by atoms with Crippen LogP contribution in [0.5, 0.6) is 0 Å². The lowest BCUT2D eigenvalue weighted by atomic mass is 9.91. The van der Waals surface area contributed by atoms with E-state index in [-0.39, 0.29) is 0 Å². The molecule has 0 unspecified atom stereocenters. The SMILES string of the molecule is c1ccc(-c2ccc(-c3nc(-c4cccc5ccc(-c6cc(-c7ccccc7)c7ccccc7c6)cc45)nc(-c4cccc5c4sc4ccccc45)n3)cc2)cc1. The van der Waals surface area contributed by atoms with Gasteiger partial charge in [-0.3, -0.25) is 0 Å². The summed E-state index contributed by atoms with van der Waals surface area (Å²) in [5, 5.41) is 7.13. The van der Waals surface area contributed by atoms with E-state index in [0.29, 0.717) is 17.5 Å². The van der Waals surface area contributed by atoms with Gasteiger partial charge in [-0.1, -0.05) is 170 Å². The average molecular weight is 744 g/mol. The molecule has 0 amide bonds. The van der Waals surface area contributed by atoms with Crippen LogP contribution in [0.3, 0.4) is 0 Å². The summed E-state index contributed by atoms with van der Waals surface area (Å²) in [6.45, 7) is 0. The molecular weight excluding hydrogens is 711 g/mol. The molecule has 57 heavy (non-hydrogen) atoms. The van der Waals surface area contributed by atoms with E-state index in [4.69, 9.17) is 15.0 Å². The summed E-state index contributed by atoms with van der Waals surface area (Å²) in [4.78, 5) is 15.8. The minimum atomic E-state index is 0.642. The number of thiophene rings is 1. The topological polar surface area (TPSA) is 38.7 Å². The zero-order valence-corrected chi connectivity index (χ0v) is 31.6. The van der Waals surface area contributed by atoms with Crippen molar-refractivity contribution in [2.24, 2.45) is 0 Å². The van der Waals surface area contributed by atoms with Crippen LogP contribution >= 0.6 is 11.3 Å². The molecule has 0 atom stereocenters. The van der Waals surface area contributed by atoms with Crippen molar-refractivity contribution in [3.05, 3.63) is 200 Å². The quantitative estimate of drug-likeness (QED) is 0.170. The van der Waals surface area contributed by atoms with E-state index in [1.165, 1.54) is 47.6 Å². The third kappa shape index (κ3) is 5.95. The molecule has 0 spiro atoms. The molecule has 0 radical (unpaired) electrons. The van der Waals surface area contributed by atoms with Crippen LogP contribution in [0.15, 0.2) is 200 Å². The van der Waals surface area contributed by atoms with Gasteiger partial charge >= 0.3 is 0 Å². The lowest BCUT2D eigenvalue weighted by Gasteiger charge is -2.14. The first-order valence-corrected chi connectivity index (χ1v) is 20.0. The molecule has 11 rings (SSSR count). The van der Waals surface area contributed by atoms with E-state index in [2.05, 4.69) is 194 Å². The molecule has 9 aromatic carbocycles. The summed E-state index contributed by atoms with van der Waals surface area (Å²) in [6.07, 6.45) is 0. The lowest BCUT2D eigenvalue weighted by molar-refractivity contribution is 1.08. The highest BCUT2D eigenvalue weighted by molar-refractivity contribution is 7.26. The first-order chi connectivity index (χ1) is 28.2. The Balaban J connectivity index is 1.11. The number of benzene rings is 9. The zero-order valence-electron chi connectivity index (χ0n) is 30.8. The highest BCUT2D eigenvalue weighted by atomic mass is 32.1. The normalized spacial score (nSPS) is 11.5. The van der Waals surface area contributed by atoms with Crippen molar-refractivity contribution in [2.45, 2.75) is 0 Å². The summed E-state index contributed by atoms with van der Waals surface area (Å²) in [6, 6.07) is 71.1. The molecule has 0 aliphatic heterocycles. The molecule has 11 aromatic rings. The zero-order chi connectivity index (χ0) is 37.7. The molecule has 0 aliphatic carbocycles. The molecule has 2 aromatic heterocycles. The first kappa shape index (κ1) is 33.1. The summed E-state index contributed by atoms with van der Waals surface area (Å²) >= 11 is 1.79. The Morgan fingerprint density at radius 3 is 1.68 bits per heavy atom.